The molecule has 0 radical (unpaired) electrons. The zero-order chi connectivity index (χ0) is 15.1. The molecule has 0 spiro atoms. The highest BCUT2D eigenvalue weighted by Gasteiger charge is 2.39. The number of hydrogen-bond acceptors (Lipinski definition) is 3. The Balaban J connectivity index is 1.71. The van der Waals surface area contributed by atoms with Gasteiger partial charge in [0.2, 0.25) is 5.95 Å². The van der Waals surface area contributed by atoms with Gasteiger partial charge in [-0.3, -0.25) is 0 Å². The molecule has 0 saturated carbocycles. The van der Waals surface area contributed by atoms with Gasteiger partial charge in [-0.2, -0.15) is 4.39 Å². The molecule has 1 aromatic heterocycles. The normalized spacial score (nSPS) is 26.4. The number of halogens is 1. The Hall–Kier alpha value is -1.94. The van der Waals surface area contributed by atoms with Crippen molar-refractivity contribution in [2.45, 2.75) is 37.3 Å². The van der Waals surface area contributed by atoms with Crippen molar-refractivity contribution in [1.29, 1.82) is 0 Å². The van der Waals surface area contributed by atoms with Crippen LogP contribution in [0.5, 0.6) is 5.75 Å². The van der Waals surface area contributed by atoms with Gasteiger partial charge in [0.15, 0.2) is 0 Å². The molecule has 114 valence electrons. The number of fused-ring (bicyclic) bond motifs is 2. The lowest BCUT2D eigenvalue weighted by Gasteiger charge is -2.21. The van der Waals surface area contributed by atoms with Crippen molar-refractivity contribution >= 4 is 0 Å². The maximum absolute atomic E-state index is 14.2. The van der Waals surface area contributed by atoms with Crippen LogP contribution in [-0.2, 0) is 0 Å². The van der Waals surface area contributed by atoms with Gasteiger partial charge in [0.1, 0.15) is 5.75 Å². The second-order valence-electron chi connectivity index (χ2n) is 6.23. The molecule has 1 N–H and O–H groups in total. The highest BCUT2D eigenvalue weighted by atomic mass is 19.1. The van der Waals surface area contributed by atoms with Crippen LogP contribution in [0.1, 0.15) is 30.7 Å². The standard InChI is InChI=1S/C18H19FN2O/c1-22-14-4-2-3-11(7-14)16-8-12(10-20-18(16)19)15-9-13-5-6-17(15)21-13/h2-4,7-8,10,13,15,17,21H,5-6,9H2,1H3/t13-,15+,17+/m0/s1. The molecule has 3 nitrogen and oxygen atoms in total. The number of ether oxygens (including phenoxy) is 1. The molecule has 1 aromatic carbocycles. The lowest BCUT2D eigenvalue weighted by Crippen LogP contribution is -2.21. The topological polar surface area (TPSA) is 34.1 Å². The summed E-state index contributed by atoms with van der Waals surface area (Å²) in [6.07, 6.45) is 5.31. The fraction of sp³-hybridized carbons (Fsp3) is 0.389. The van der Waals surface area contributed by atoms with Crippen molar-refractivity contribution < 1.29 is 9.13 Å². The van der Waals surface area contributed by atoms with Crippen LogP contribution in [0.25, 0.3) is 11.1 Å². The van der Waals surface area contributed by atoms with Gasteiger partial charge in [0.05, 0.1) is 7.11 Å². The Morgan fingerprint density at radius 2 is 2.18 bits per heavy atom. The van der Waals surface area contributed by atoms with E-state index >= 15 is 0 Å². The summed E-state index contributed by atoms with van der Waals surface area (Å²) in [4.78, 5) is 4.00. The predicted molar refractivity (Wildman–Crippen MR) is 83.5 cm³/mol. The number of aromatic nitrogens is 1. The first-order valence-electron chi connectivity index (χ1n) is 7.80. The van der Waals surface area contributed by atoms with Gasteiger partial charge in [-0.05, 0) is 48.6 Å². The minimum absolute atomic E-state index is 0.423. The highest BCUT2D eigenvalue weighted by Crippen LogP contribution is 2.40. The Bertz CT molecular complexity index is 703. The summed E-state index contributed by atoms with van der Waals surface area (Å²) in [6, 6.07) is 10.6. The monoisotopic (exact) mass is 298 g/mol. The number of methoxy groups -OCH3 is 1. The average Bonchev–Trinajstić information content (AvgIpc) is 3.18. The summed E-state index contributed by atoms with van der Waals surface area (Å²) in [7, 11) is 1.62. The molecule has 4 heteroatoms. The first-order valence-corrected chi connectivity index (χ1v) is 7.80. The second-order valence-corrected chi connectivity index (χ2v) is 6.23. The number of pyridine rings is 1. The molecule has 4 rings (SSSR count). The molecule has 2 aliphatic rings. The Morgan fingerprint density at radius 3 is 2.91 bits per heavy atom. The third-order valence-electron chi connectivity index (χ3n) is 4.97. The molecular weight excluding hydrogens is 279 g/mol. The van der Waals surface area contributed by atoms with Crippen molar-refractivity contribution in [3.8, 4) is 16.9 Å². The van der Waals surface area contributed by atoms with Gasteiger partial charge in [-0.25, -0.2) is 4.98 Å². The fourth-order valence-corrected chi connectivity index (χ4v) is 3.85. The van der Waals surface area contributed by atoms with E-state index in [0.29, 0.717) is 23.6 Å². The van der Waals surface area contributed by atoms with Crippen LogP contribution < -0.4 is 10.1 Å². The SMILES string of the molecule is COc1cccc(-c2cc([C@H]3C[C@@H]4CC[C@H]3N4)cnc2F)c1. The molecule has 2 bridgehead atoms. The third kappa shape index (κ3) is 2.28. The van der Waals surface area contributed by atoms with Crippen LogP contribution >= 0.6 is 0 Å². The first-order chi connectivity index (χ1) is 10.7. The summed E-state index contributed by atoms with van der Waals surface area (Å²) in [5, 5.41) is 3.63. The second kappa shape index (κ2) is 5.36. The van der Waals surface area contributed by atoms with Crippen molar-refractivity contribution in [1.82, 2.24) is 10.3 Å². The quantitative estimate of drug-likeness (QED) is 0.881. The fourth-order valence-electron chi connectivity index (χ4n) is 3.85. The van der Waals surface area contributed by atoms with E-state index in [0.717, 1.165) is 23.3 Å². The van der Waals surface area contributed by atoms with E-state index in [2.05, 4.69) is 10.3 Å². The Kier molecular flexibility index (Phi) is 3.34. The highest BCUT2D eigenvalue weighted by molar-refractivity contribution is 5.65. The van der Waals surface area contributed by atoms with E-state index in [1.807, 2.05) is 30.3 Å². The number of nitrogens with zero attached hydrogens (tertiary/aromatic N) is 1. The summed E-state index contributed by atoms with van der Waals surface area (Å²) in [6.45, 7) is 0. The Morgan fingerprint density at radius 1 is 1.27 bits per heavy atom. The van der Waals surface area contributed by atoms with E-state index in [1.165, 1.54) is 12.8 Å². The lowest BCUT2D eigenvalue weighted by molar-refractivity contribution is 0.415. The molecule has 2 saturated heterocycles. The maximum atomic E-state index is 14.2. The molecule has 2 fully saturated rings. The van der Waals surface area contributed by atoms with Crippen LogP contribution in [0.2, 0.25) is 0 Å². The minimum atomic E-state index is -0.423. The van der Waals surface area contributed by atoms with Gasteiger partial charge in [0.25, 0.3) is 0 Å². The van der Waals surface area contributed by atoms with E-state index < -0.39 is 5.95 Å². The van der Waals surface area contributed by atoms with Gasteiger partial charge < -0.3 is 10.1 Å². The van der Waals surface area contributed by atoms with Gasteiger partial charge >= 0.3 is 0 Å². The molecule has 22 heavy (non-hydrogen) atoms. The van der Waals surface area contributed by atoms with Crippen LogP contribution in [0.15, 0.2) is 36.5 Å². The summed E-state index contributed by atoms with van der Waals surface area (Å²) >= 11 is 0. The van der Waals surface area contributed by atoms with Gasteiger partial charge in [-0.1, -0.05) is 12.1 Å². The number of rotatable bonds is 3. The van der Waals surface area contributed by atoms with Crippen molar-refractivity contribution in [2.24, 2.45) is 0 Å². The smallest absolute Gasteiger partial charge is 0.220 e. The zero-order valence-electron chi connectivity index (χ0n) is 12.6. The van der Waals surface area contributed by atoms with Crippen molar-refractivity contribution in [3.05, 3.63) is 48.0 Å². The summed E-state index contributed by atoms with van der Waals surface area (Å²) in [5.74, 6) is 0.758. The summed E-state index contributed by atoms with van der Waals surface area (Å²) < 4.78 is 19.4. The van der Waals surface area contributed by atoms with Crippen LogP contribution in [0.3, 0.4) is 0 Å². The van der Waals surface area contributed by atoms with Crippen LogP contribution in [0.4, 0.5) is 4.39 Å². The predicted octanol–water partition coefficient (Wildman–Crippen LogP) is 3.50. The zero-order valence-corrected chi connectivity index (χ0v) is 12.6. The van der Waals surface area contributed by atoms with Crippen molar-refractivity contribution in [2.75, 3.05) is 7.11 Å². The molecule has 2 aliphatic heterocycles. The maximum Gasteiger partial charge on any atom is 0.220 e. The largest absolute Gasteiger partial charge is 0.497 e. The number of hydrogen-bond donors (Lipinski definition) is 1. The molecule has 2 aromatic rings. The van der Waals surface area contributed by atoms with Crippen LogP contribution in [-0.4, -0.2) is 24.2 Å². The minimum Gasteiger partial charge on any atom is -0.497 e. The van der Waals surface area contributed by atoms with E-state index in [4.69, 9.17) is 4.74 Å². The van der Waals surface area contributed by atoms with Crippen molar-refractivity contribution in [3.63, 3.8) is 0 Å². The molecule has 0 aliphatic carbocycles. The van der Waals surface area contributed by atoms with Crippen LogP contribution in [0, 0.1) is 5.95 Å². The molecular formula is C18H19FN2O. The van der Waals surface area contributed by atoms with E-state index in [1.54, 1.807) is 13.3 Å². The lowest BCUT2D eigenvalue weighted by atomic mass is 9.84. The van der Waals surface area contributed by atoms with Gasteiger partial charge in [-0.15, -0.1) is 0 Å². The molecule has 0 unspecified atom stereocenters. The Labute approximate surface area is 129 Å². The first kappa shape index (κ1) is 13.7. The number of benzene rings is 1. The molecule has 3 atom stereocenters. The van der Waals surface area contributed by atoms with E-state index in [9.17, 15) is 4.39 Å². The molecule has 3 heterocycles. The average molecular weight is 298 g/mol. The summed E-state index contributed by atoms with van der Waals surface area (Å²) in [5.41, 5.74) is 2.50. The van der Waals surface area contributed by atoms with E-state index in [-0.39, 0.29) is 0 Å². The number of nitrogens with one attached hydrogen (secondary N) is 1. The molecule has 0 amide bonds. The van der Waals surface area contributed by atoms with Gasteiger partial charge in [0, 0.05) is 29.8 Å². The third-order valence-corrected chi connectivity index (χ3v) is 4.97.